The summed E-state index contributed by atoms with van der Waals surface area (Å²) in [7, 11) is 0. The van der Waals surface area contributed by atoms with Gasteiger partial charge in [-0.05, 0) is 61.6 Å². The number of benzene rings is 5. The third-order valence-corrected chi connectivity index (χ3v) is 5.07. The van der Waals surface area contributed by atoms with Crippen molar-refractivity contribution in [2.75, 3.05) is 0 Å². The molecule has 1 nitrogen and oxygen atoms in total. The van der Waals surface area contributed by atoms with E-state index in [1.165, 1.54) is 37.9 Å². The Bertz CT molecular complexity index is 1320. The first-order valence-electron chi connectivity index (χ1n) is 8.69. The van der Waals surface area contributed by atoms with E-state index in [0.29, 0.717) is 5.56 Å². The molecular weight excluding hydrogens is 314 g/mol. The highest BCUT2D eigenvalue weighted by molar-refractivity contribution is 6.23. The van der Waals surface area contributed by atoms with Crippen molar-refractivity contribution in [1.29, 1.82) is 5.26 Å². The second-order valence-electron chi connectivity index (χ2n) is 6.54. The Labute approximate surface area is 151 Å². The molecule has 5 rings (SSSR count). The lowest BCUT2D eigenvalue weighted by Gasteiger charge is -2.13. The quantitative estimate of drug-likeness (QED) is 0.314. The van der Waals surface area contributed by atoms with Gasteiger partial charge in [0.15, 0.2) is 0 Å². The first kappa shape index (κ1) is 14.7. The van der Waals surface area contributed by atoms with Gasteiger partial charge in [0.25, 0.3) is 0 Å². The first-order chi connectivity index (χ1) is 12.8. The van der Waals surface area contributed by atoms with Crippen LogP contribution >= 0.6 is 0 Å². The highest BCUT2D eigenvalue weighted by atomic mass is 14.2. The number of nitriles is 1. The molecule has 0 atom stereocenters. The summed E-state index contributed by atoms with van der Waals surface area (Å²) < 4.78 is 0. The highest BCUT2D eigenvalue weighted by Gasteiger charge is 2.10. The van der Waals surface area contributed by atoms with Crippen LogP contribution in [0.2, 0.25) is 0 Å². The van der Waals surface area contributed by atoms with E-state index < -0.39 is 0 Å². The Hall–Kier alpha value is -3.63. The minimum Gasteiger partial charge on any atom is -0.192 e. The van der Waals surface area contributed by atoms with Crippen LogP contribution in [0.1, 0.15) is 5.56 Å². The fourth-order valence-corrected chi connectivity index (χ4v) is 3.84. The topological polar surface area (TPSA) is 23.8 Å². The van der Waals surface area contributed by atoms with Crippen LogP contribution in [-0.4, -0.2) is 0 Å². The van der Waals surface area contributed by atoms with Crippen molar-refractivity contribution in [3.05, 3.63) is 96.6 Å². The van der Waals surface area contributed by atoms with Crippen LogP contribution in [0.25, 0.3) is 43.4 Å². The molecule has 0 unspecified atom stereocenters. The van der Waals surface area contributed by atoms with Gasteiger partial charge in [0.05, 0.1) is 11.6 Å². The molecule has 1 heteroatoms. The average Bonchev–Trinajstić information content (AvgIpc) is 2.73. The van der Waals surface area contributed by atoms with Gasteiger partial charge >= 0.3 is 0 Å². The zero-order valence-corrected chi connectivity index (χ0v) is 14.1. The Kier molecular flexibility index (Phi) is 3.23. The van der Waals surface area contributed by atoms with Gasteiger partial charge in [0, 0.05) is 0 Å². The van der Waals surface area contributed by atoms with E-state index in [4.69, 9.17) is 5.26 Å². The largest absolute Gasteiger partial charge is 0.192 e. The number of hydrogen-bond donors (Lipinski definition) is 0. The summed E-state index contributed by atoms with van der Waals surface area (Å²) in [5, 5.41) is 16.6. The lowest BCUT2D eigenvalue weighted by atomic mass is 9.90. The van der Waals surface area contributed by atoms with Crippen LogP contribution in [0.15, 0.2) is 91.0 Å². The molecule has 0 aromatic heterocycles. The molecule has 5 aromatic carbocycles. The monoisotopic (exact) mass is 329 g/mol. The summed E-state index contributed by atoms with van der Waals surface area (Å²) in [6.45, 7) is 0. The molecule has 26 heavy (non-hydrogen) atoms. The minimum absolute atomic E-state index is 0.685. The molecule has 0 aliphatic rings. The van der Waals surface area contributed by atoms with E-state index in [0.717, 1.165) is 5.56 Å². The summed E-state index contributed by atoms with van der Waals surface area (Å²) in [5.41, 5.74) is 3.02. The van der Waals surface area contributed by atoms with Gasteiger partial charge in [-0.3, -0.25) is 0 Å². The third-order valence-electron chi connectivity index (χ3n) is 5.07. The molecule has 0 amide bonds. The van der Waals surface area contributed by atoms with Crippen molar-refractivity contribution >= 4 is 32.3 Å². The first-order valence-corrected chi connectivity index (χ1v) is 8.69. The van der Waals surface area contributed by atoms with Gasteiger partial charge in [-0.15, -0.1) is 0 Å². The van der Waals surface area contributed by atoms with Gasteiger partial charge < -0.3 is 0 Å². The molecule has 0 fully saturated rings. The van der Waals surface area contributed by atoms with Crippen molar-refractivity contribution in [3.8, 4) is 17.2 Å². The SMILES string of the molecule is N#Cc1ccc(-c2cc3ccc4ccccc4c3c3ccccc23)cc1. The van der Waals surface area contributed by atoms with Crippen molar-refractivity contribution in [2.24, 2.45) is 0 Å². The fraction of sp³-hybridized carbons (Fsp3) is 0. The standard InChI is InChI=1S/C25H15N/c26-16-17-9-11-19(12-10-17)24-15-20-14-13-18-5-1-2-6-21(18)25(20)23-8-4-3-7-22(23)24/h1-15H. The normalized spacial score (nSPS) is 11.0. The molecule has 120 valence electrons. The minimum atomic E-state index is 0.685. The van der Waals surface area contributed by atoms with Crippen LogP contribution in [0, 0.1) is 11.3 Å². The lowest BCUT2D eigenvalue weighted by Crippen LogP contribution is -1.86. The number of fused-ring (bicyclic) bond motifs is 5. The van der Waals surface area contributed by atoms with E-state index >= 15 is 0 Å². The predicted octanol–water partition coefficient (Wildman–Crippen LogP) is 6.68. The Morgan fingerprint density at radius 2 is 1.23 bits per heavy atom. The number of nitrogens with zero attached hydrogens (tertiary/aromatic N) is 1. The average molecular weight is 329 g/mol. The zero-order chi connectivity index (χ0) is 17.5. The van der Waals surface area contributed by atoms with Crippen molar-refractivity contribution in [2.45, 2.75) is 0 Å². The second kappa shape index (κ2) is 5.72. The van der Waals surface area contributed by atoms with Crippen LogP contribution in [0.5, 0.6) is 0 Å². The maximum Gasteiger partial charge on any atom is 0.0991 e. The fourth-order valence-electron chi connectivity index (χ4n) is 3.84. The van der Waals surface area contributed by atoms with Gasteiger partial charge in [0.1, 0.15) is 0 Å². The maximum atomic E-state index is 9.06. The van der Waals surface area contributed by atoms with E-state index in [-0.39, 0.29) is 0 Å². The number of hydrogen-bond acceptors (Lipinski definition) is 1. The smallest absolute Gasteiger partial charge is 0.0991 e. The summed E-state index contributed by atoms with van der Waals surface area (Å²) in [4.78, 5) is 0. The molecule has 5 aromatic rings. The summed E-state index contributed by atoms with van der Waals surface area (Å²) in [6.07, 6.45) is 0. The molecular formula is C25H15N. The van der Waals surface area contributed by atoms with Crippen LogP contribution in [-0.2, 0) is 0 Å². The molecule has 0 radical (unpaired) electrons. The molecule has 0 heterocycles. The summed E-state index contributed by atoms with van der Waals surface area (Å²) >= 11 is 0. The van der Waals surface area contributed by atoms with Gasteiger partial charge in [-0.1, -0.05) is 72.8 Å². The predicted molar refractivity (Wildman–Crippen MR) is 109 cm³/mol. The molecule has 0 spiro atoms. The summed E-state index contributed by atoms with van der Waals surface area (Å²) in [6, 6.07) is 33.8. The molecule has 0 bridgehead atoms. The Morgan fingerprint density at radius 3 is 2.00 bits per heavy atom. The molecule has 0 N–H and O–H groups in total. The molecule has 0 saturated carbocycles. The lowest BCUT2D eigenvalue weighted by molar-refractivity contribution is 1.48. The molecule has 0 saturated heterocycles. The van der Waals surface area contributed by atoms with Crippen LogP contribution in [0.3, 0.4) is 0 Å². The van der Waals surface area contributed by atoms with Crippen molar-refractivity contribution < 1.29 is 0 Å². The van der Waals surface area contributed by atoms with Crippen molar-refractivity contribution in [3.63, 3.8) is 0 Å². The molecule has 0 aliphatic heterocycles. The van der Waals surface area contributed by atoms with Gasteiger partial charge in [0.2, 0.25) is 0 Å². The van der Waals surface area contributed by atoms with E-state index in [1.54, 1.807) is 0 Å². The van der Waals surface area contributed by atoms with Gasteiger partial charge in [-0.2, -0.15) is 5.26 Å². The Balaban J connectivity index is 1.93. The van der Waals surface area contributed by atoms with E-state index in [1.807, 2.05) is 24.3 Å². The highest BCUT2D eigenvalue weighted by Crippen LogP contribution is 2.38. The molecule has 0 aliphatic carbocycles. The number of rotatable bonds is 1. The maximum absolute atomic E-state index is 9.06. The third kappa shape index (κ3) is 2.17. The van der Waals surface area contributed by atoms with Crippen molar-refractivity contribution in [1.82, 2.24) is 0 Å². The van der Waals surface area contributed by atoms with Crippen LogP contribution in [0.4, 0.5) is 0 Å². The van der Waals surface area contributed by atoms with E-state index in [9.17, 15) is 0 Å². The van der Waals surface area contributed by atoms with E-state index in [2.05, 4.69) is 72.8 Å². The van der Waals surface area contributed by atoms with Crippen LogP contribution < -0.4 is 0 Å². The second-order valence-corrected chi connectivity index (χ2v) is 6.54. The zero-order valence-electron chi connectivity index (χ0n) is 14.1. The van der Waals surface area contributed by atoms with Gasteiger partial charge in [-0.25, -0.2) is 0 Å². The summed E-state index contributed by atoms with van der Waals surface area (Å²) in [5.74, 6) is 0. The Morgan fingerprint density at radius 1 is 0.577 bits per heavy atom.